The predicted molar refractivity (Wildman–Crippen MR) is 127 cm³/mol. The number of allylic oxidation sites excluding steroid dienone is 1. The van der Waals surface area contributed by atoms with Crippen molar-refractivity contribution in [1.29, 1.82) is 0 Å². The first-order valence-electron chi connectivity index (χ1n) is 12.9. The molecule has 4 rings (SSSR count). The fraction of sp³-hybridized carbons (Fsp3) is 0.846. The van der Waals surface area contributed by atoms with E-state index in [2.05, 4.69) is 32.2 Å². The van der Waals surface area contributed by atoms with Gasteiger partial charge in [0.05, 0.1) is 25.2 Å². The first-order chi connectivity index (χ1) is 16.2. The molecule has 2 saturated carbocycles. The van der Waals surface area contributed by atoms with Crippen molar-refractivity contribution < 1.29 is 28.5 Å². The monoisotopic (exact) mass is 478 g/mol. The third-order valence-electron chi connectivity index (χ3n) is 8.37. The van der Waals surface area contributed by atoms with Gasteiger partial charge in [0.1, 0.15) is 23.4 Å². The Kier molecular flexibility index (Phi) is 7.72. The van der Waals surface area contributed by atoms with Crippen LogP contribution >= 0.6 is 0 Å². The number of hydrogen-bond donors (Lipinski definition) is 2. The third kappa shape index (κ3) is 5.50. The summed E-state index contributed by atoms with van der Waals surface area (Å²) in [5.41, 5.74) is 6.12. The van der Waals surface area contributed by atoms with Crippen molar-refractivity contribution in [1.82, 2.24) is 5.32 Å². The van der Waals surface area contributed by atoms with Gasteiger partial charge in [0.2, 0.25) is 5.91 Å². The lowest BCUT2D eigenvalue weighted by Crippen LogP contribution is -2.55. The number of methoxy groups -OCH3 is 1. The number of rotatable bonds is 9. The summed E-state index contributed by atoms with van der Waals surface area (Å²) in [5.74, 6) is 0.0495. The number of ether oxygens (including phenoxy) is 4. The Morgan fingerprint density at radius 3 is 2.47 bits per heavy atom. The minimum atomic E-state index is -0.333. The second-order valence-corrected chi connectivity index (χ2v) is 11.1. The highest BCUT2D eigenvalue weighted by molar-refractivity contribution is 5.78. The molecule has 0 aromatic heterocycles. The van der Waals surface area contributed by atoms with E-state index in [0.29, 0.717) is 6.42 Å². The number of carbonyl (C=O) groups excluding carboxylic acids is 2. The van der Waals surface area contributed by atoms with Crippen LogP contribution in [-0.4, -0.2) is 67.7 Å². The number of amides is 1. The van der Waals surface area contributed by atoms with E-state index < -0.39 is 0 Å². The Morgan fingerprint density at radius 1 is 1.18 bits per heavy atom. The minimum absolute atomic E-state index is 0.0153. The van der Waals surface area contributed by atoms with E-state index in [1.165, 1.54) is 5.57 Å². The molecule has 1 spiro atoms. The maximum absolute atomic E-state index is 12.9. The van der Waals surface area contributed by atoms with Gasteiger partial charge in [-0.2, -0.15) is 0 Å². The summed E-state index contributed by atoms with van der Waals surface area (Å²) >= 11 is 0. The highest BCUT2D eigenvalue weighted by atomic mass is 16.6. The van der Waals surface area contributed by atoms with Crippen molar-refractivity contribution in [2.75, 3.05) is 20.3 Å². The molecule has 192 valence electrons. The molecule has 4 fully saturated rings. The molecule has 6 atom stereocenters. The molecule has 0 aromatic carbocycles. The molecular formula is C26H42N2O6. The topological polar surface area (TPSA) is 116 Å². The maximum Gasteiger partial charge on any atom is 0.306 e. The molecular weight excluding hydrogens is 436 g/mol. The summed E-state index contributed by atoms with van der Waals surface area (Å²) < 4.78 is 24.3. The van der Waals surface area contributed by atoms with Crippen LogP contribution in [0.5, 0.6) is 0 Å². The Labute approximate surface area is 203 Å². The summed E-state index contributed by atoms with van der Waals surface area (Å²) in [5, 5.41) is 2.95. The summed E-state index contributed by atoms with van der Waals surface area (Å²) in [6.45, 7) is 7.09. The van der Waals surface area contributed by atoms with E-state index in [9.17, 15) is 9.59 Å². The molecule has 0 bridgehead atoms. The normalized spacial score (nSPS) is 41.0. The van der Waals surface area contributed by atoms with Gasteiger partial charge in [-0.3, -0.25) is 9.59 Å². The number of carbonyl (C=O) groups is 2. The second kappa shape index (κ2) is 10.2. The molecule has 4 aliphatic rings. The molecule has 2 heterocycles. The molecule has 3 unspecified atom stereocenters. The van der Waals surface area contributed by atoms with E-state index >= 15 is 0 Å². The molecule has 2 aliphatic carbocycles. The van der Waals surface area contributed by atoms with E-state index in [1.807, 2.05) is 0 Å². The number of nitrogens with one attached hydrogen (secondary N) is 1. The van der Waals surface area contributed by atoms with Crippen molar-refractivity contribution in [3.05, 3.63) is 11.6 Å². The molecule has 1 amide bonds. The van der Waals surface area contributed by atoms with Gasteiger partial charge in [-0.25, -0.2) is 0 Å². The molecule has 34 heavy (non-hydrogen) atoms. The standard InChI is InChI=1S/C26H42N2O6/c1-16(2)5-10-20-25(3,34-20)24-23(31-4)19(11-12-26(24)15-32-26)33-22(30)13-17-6-8-18(9-7-17)28-21(29)14-27/h5,17-20,23-24H,6-15,27H2,1-4H3,(H,28,29)/t17?,18?,19?,20-,23?,24?,25-,26+/m1/s1. The van der Waals surface area contributed by atoms with Crippen LogP contribution in [0, 0.1) is 11.8 Å². The Balaban J connectivity index is 1.32. The summed E-state index contributed by atoms with van der Waals surface area (Å²) in [6, 6.07) is 0.161. The van der Waals surface area contributed by atoms with E-state index in [1.54, 1.807) is 7.11 Å². The van der Waals surface area contributed by atoms with E-state index in [0.717, 1.165) is 51.6 Å². The minimum Gasteiger partial charge on any atom is -0.460 e. The van der Waals surface area contributed by atoms with Crippen LogP contribution in [0.25, 0.3) is 0 Å². The van der Waals surface area contributed by atoms with Crippen LogP contribution in [0.3, 0.4) is 0 Å². The lowest BCUT2D eigenvalue weighted by molar-refractivity contribution is -0.173. The lowest BCUT2D eigenvalue weighted by Gasteiger charge is -2.42. The third-order valence-corrected chi connectivity index (χ3v) is 8.37. The van der Waals surface area contributed by atoms with Crippen LogP contribution < -0.4 is 11.1 Å². The van der Waals surface area contributed by atoms with Crippen LogP contribution in [-0.2, 0) is 28.5 Å². The largest absolute Gasteiger partial charge is 0.460 e. The van der Waals surface area contributed by atoms with Gasteiger partial charge < -0.3 is 30.0 Å². The predicted octanol–water partition coefficient (Wildman–Crippen LogP) is 2.63. The highest BCUT2D eigenvalue weighted by Crippen LogP contribution is 2.59. The van der Waals surface area contributed by atoms with Crippen LogP contribution in [0.15, 0.2) is 11.6 Å². The Bertz CT molecular complexity index is 784. The summed E-state index contributed by atoms with van der Waals surface area (Å²) in [6.07, 6.45) is 8.26. The zero-order chi connectivity index (χ0) is 24.5. The summed E-state index contributed by atoms with van der Waals surface area (Å²) in [4.78, 5) is 24.4. The smallest absolute Gasteiger partial charge is 0.306 e. The van der Waals surface area contributed by atoms with Gasteiger partial charge in [-0.05, 0) is 71.6 Å². The number of esters is 1. The van der Waals surface area contributed by atoms with Crippen LogP contribution in [0.2, 0.25) is 0 Å². The van der Waals surface area contributed by atoms with Crippen LogP contribution in [0.1, 0.15) is 72.1 Å². The summed E-state index contributed by atoms with van der Waals surface area (Å²) in [7, 11) is 1.70. The van der Waals surface area contributed by atoms with Gasteiger partial charge in [0.15, 0.2) is 0 Å². The van der Waals surface area contributed by atoms with Gasteiger partial charge in [-0.1, -0.05) is 11.6 Å². The van der Waals surface area contributed by atoms with Gasteiger partial charge >= 0.3 is 5.97 Å². The van der Waals surface area contributed by atoms with Gasteiger partial charge in [0, 0.05) is 19.6 Å². The molecule has 8 heteroatoms. The first kappa shape index (κ1) is 25.6. The average Bonchev–Trinajstić information content (AvgIpc) is 3.72. The maximum atomic E-state index is 12.9. The van der Waals surface area contributed by atoms with Crippen molar-refractivity contribution in [2.24, 2.45) is 17.6 Å². The van der Waals surface area contributed by atoms with E-state index in [-0.39, 0.29) is 65.8 Å². The fourth-order valence-electron chi connectivity index (χ4n) is 6.32. The molecule has 8 nitrogen and oxygen atoms in total. The first-order valence-corrected chi connectivity index (χ1v) is 12.9. The fourth-order valence-corrected chi connectivity index (χ4v) is 6.32. The Hall–Kier alpha value is -1.48. The SMILES string of the molecule is COC1C(OC(=O)CC2CCC(NC(=O)CN)CC2)CC[C@]2(CO2)C1[C@]1(C)O[C@@H]1CC=C(C)C. The zero-order valence-corrected chi connectivity index (χ0v) is 21.1. The lowest BCUT2D eigenvalue weighted by atomic mass is 9.68. The van der Waals surface area contributed by atoms with Gasteiger partial charge in [-0.15, -0.1) is 0 Å². The van der Waals surface area contributed by atoms with Crippen molar-refractivity contribution in [3.63, 3.8) is 0 Å². The molecule has 2 saturated heterocycles. The average molecular weight is 479 g/mol. The number of hydrogen-bond acceptors (Lipinski definition) is 7. The molecule has 0 radical (unpaired) electrons. The number of epoxide rings is 2. The molecule has 2 aliphatic heterocycles. The van der Waals surface area contributed by atoms with Crippen molar-refractivity contribution >= 4 is 11.9 Å². The highest BCUT2D eigenvalue weighted by Gasteiger charge is 2.72. The van der Waals surface area contributed by atoms with Crippen molar-refractivity contribution in [2.45, 2.75) is 108 Å². The Morgan fingerprint density at radius 2 is 1.88 bits per heavy atom. The van der Waals surface area contributed by atoms with Crippen LogP contribution in [0.4, 0.5) is 0 Å². The second-order valence-electron chi connectivity index (χ2n) is 11.1. The quantitative estimate of drug-likeness (QED) is 0.297. The van der Waals surface area contributed by atoms with E-state index in [4.69, 9.17) is 24.7 Å². The van der Waals surface area contributed by atoms with Crippen molar-refractivity contribution in [3.8, 4) is 0 Å². The number of nitrogens with two attached hydrogens (primary N) is 1. The zero-order valence-electron chi connectivity index (χ0n) is 21.1. The van der Waals surface area contributed by atoms with Gasteiger partial charge in [0.25, 0.3) is 0 Å². The molecule has 0 aromatic rings. The molecule has 3 N–H and O–H groups in total.